The molecule has 3 unspecified atom stereocenters. The van der Waals surface area contributed by atoms with Crippen molar-refractivity contribution in [1.82, 2.24) is 15.5 Å². The molecule has 0 aliphatic carbocycles. The Morgan fingerprint density at radius 2 is 1.85 bits per heavy atom. The molecule has 0 aromatic heterocycles. The topological polar surface area (TPSA) is 61.4 Å². The van der Waals surface area contributed by atoms with Gasteiger partial charge in [-0.2, -0.15) is 0 Å². The van der Waals surface area contributed by atoms with E-state index >= 15 is 0 Å². The number of nitrogens with one attached hydrogen (secondary N) is 2. The highest BCUT2D eigenvalue weighted by Crippen LogP contribution is 2.20. The van der Waals surface area contributed by atoms with Crippen molar-refractivity contribution < 1.29 is 9.59 Å². The monoisotopic (exact) mass is 357 g/mol. The molecule has 1 saturated heterocycles. The molecule has 0 saturated carbocycles. The van der Waals surface area contributed by atoms with Gasteiger partial charge in [-0.1, -0.05) is 44.2 Å². The van der Waals surface area contributed by atoms with Gasteiger partial charge in [-0.05, 0) is 36.8 Å². The summed E-state index contributed by atoms with van der Waals surface area (Å²) in [7, 11) is 0. The molecule has 5 nitrogen and oxygen atoms in total. The number of hydrogen-bond acceptors (Lipinski definition) is 3. The predicted molar refractivity (Wildman–Crippen MR) is 105 cm³/mol. The fourth-order valence-electron chi connectivity index (χ4n) is 3.53. The van der Waals surface area contributed by atoms with Crippen molar-refractivity contribution in [3.63, 3.8) is 0 Å². The first-order valence-corrected chi connectivity index (χ1v) is 9.47. The Morgan fingerprint density at radius 1 is 1.19 bits per heavy atom. The van der Waals surface area contributed by atoms with Crippen molar-refractivity contribution >= 4 is 17.9 Å². The molecule has 1 aliphatic heterocycles. The standard InChI is InChI=1S/C21H31N3O2/c1-16-13-17(2)15-24(14-16)12-11-22-21(26)18(3)23-20(25)10-9-19-7-5-4-6-8-19/h4-10,16-18H,11-15H2,1-3H3,(H,22,26)(H,23,25)/b10-9+. The van der Waals surface area contributed by atoms with Crippen molar-refractivity contribution in [3.05, 3.63) is 42.0 Å². The van der Waals surface area contributed by atoms with E-state index in [2.05, 4.69) is 29.4 Å². The summed E-state index contributed by atoms with van der Waals surface area (Å²) in [5.74, 6) is 1.01. The van der Waals surface area contributed by atoms with E-state index in [0.29, 0.717) is 18.4 Å². The van der Waals surface area contributed by atoms with Gasteiger partial charge in [0.2, 0.25) is 11.8 Å². The lowest BCUT2D eigenvalue weighted by atomic mass is 9.92. The molecule has 1 aromatic carbocycles. The molecule has 2 rings (SSSR count). The molecule has 26 heavy (non-hydrogen) atoms. The second-order valence-corrected chi connectivity index (χ2v) is 7.47. The second-order valence-electron chi connectivity index (χ2n) is 7.47. The van der Waals surface area contributed by atoms with Gasteiger partial charge < -0.3 is 15.5 Å². The zero-order valence-corrected chi connectivity index (χ0v) is 16.1. The number of rotatable bonds is 7. The van der Waals surface area contributed by atoms with E-state index in [0.717, 1.165) is 25.2 Å². The molecule has 2 N–H and O–H groups in total. The fourth-order valence-corrected chi connectivity index (χ4v) is 3.53. The highest BCUT2D eigenvalue weighted by atomic mass is 16.2. The van der Waals surface area contributed by atoms with Gasteiger partial charge in [-0.15, -0.1) is 0 Å². The summed E-state index contributed by atoms with van der Waals surface area (Å²) in [5, 5.41) is 5.62. The van der Waals surface area contributed by atoms with Crippen molar-refractivity contribution in [2.75, 3.05) is 26.2 Å². The van der Waals surface area contributed by atoms with E-state index in [9.17, 15) is 9.59 Å². The summed E-state index contributed by atoms with van der Waals surface area (Å²) >= 11 is 0. The Kier molecular flexibility index (Phi) is 7.85. The number of carbonyl (C=O) groups is 2. The predicted octanol–water partition coefficient (Wildman–Crippen LogP) is 2.30. The van der Waals surface area contributed by atoms with Crippen LogP contribution in [-0.2, 0) is 9.59 Å². The van der Waals surface area contributed by atoms with Crippen LogP contribution in [0.2, 0.25) is 0 Å². The Labute approximate surface area is 156 Å². The first kappa shape index (κ1) is 20.2. The molecule has 1 aliphatic rings. The number of carbonyl (C=O) groups excluding carboxylic acids is 2. The van der Waals surface area contributed by atoms with Crippen LogP contribution in [0.3, 0.4) is 0 Å². The fraction of sp³-hybridized carbons (Fsp3) is 0.524. The summed E-state index contributed by atoms with van der Waals surface area (Å²) in [5.41, 5.74) is 0.949. The van der Waals surface area contributed by atoms with Crippen LogP contribution in [-0.4, -0.2) is 48.9 Å². The molecule has 5 heteroatoms. The van der Waals surface area contributed by atoms with Crippen LogP contribution < -0.4 is 10.6 Å². The Hall–Kier alpha value is -2.14. The molecule has 0 spiro atoms. The largest absolute Gasteiger partial charge is 0.353 e. The Morgan fingerprint density at radius 3 is 2.50 bits per heavy atom. The number of piperidine rings is 1. The van der Waals surface area contributed by atoms with Crippen molar-refractivity contribution in [2.45, 2.75) is 33.2 Å². The van der Waals surface area contributed by atoms with E-state index in [4.69, 9.17) is 0 Å². The first-order chi connectivity index (χ1) is 12.4. The third kappa shape index (κ3) is 7.00. The molecule has 1 heterocycles. The van der Waals surface area contributed by atoms with Crippen LogP contribution in [0.15, 0.2) is 36.4 Å². The Balaban J connectivity index is 1.68. The number of hydrogen-bond donors (Lipinski definition) is 2. The van der Waals surface area contributed by atoms with Gasteiger partial charge in [0.25, 0.3) is 0 Å². The molecule has 0 bridgehead atoms. The molecular weight excluding hydrogens is 326 g/mol. The van der Waals surface area contributed by atoms with Gasteiger partial charge in [0.1, 0.15) is 6.04 Å². The molecule has 3 atom stereocenters. The maximum Gasteiger partial charge on any atom is 0.244 e. The summed E-state index contributed by atoms with van der Waals surface area (Å²) in [6.45, 7) is 9.92. The van der Waals surface area contributed by atoms with Crippen LogP contribution in [0.1, 0.15) is 32.8 Å². The third-order valence-electron chi connectivity index (χ3n) is 4.65. The first-order valence-electron chi connectivity index (χ1n) is 9.47. The molecule has 1 fully saturated rings. The smallest absolute Gasteiger partial charge is 0.244 e. The van der Waals surface area contributed by atoms with Crippen molar-refractivity contribution in [1.29, 1.82) is 0 Å². The summed E-state index contributed by atoms with van der Waals surface area (Å²) in [6, 6.07) is 9.04. The highest BCUT2D eigenvalue weighted by Gasteiger charge is 2.21. The third-order valence-corrected chi connectivity index (χ3v) is 4.65. The highest BCUT2D eigenvalue weighted by molar-refractivity contribution is 5.95. The quantitative estimate of drug-likeness (QED) is 0.736. The average molecular weight is 357 g/mol. The molecule has 2 amide bonds. The van der Waals surface area contributed by atoms with Crippen LogP contribution in [0.25, 0.3) is 6.08 Å². The molecule has 142 valence electrons. The zero-order chi connectivity index (χ0) is 18.9. The van der Waals surface area contributed by atoms with E-state index in [1.54, 1.807) is 13.0 Å². The van der Waals surface area contributed by atoms with E-state index in [1.165, 1.54) is 12.5 Å². The van der Waals surface area contributed by atoms with Gasteiger partial charge >= 0.3 is 0 Å². The zero-order valence-electron chi connectivity index (χ0n) is 16.1. The van der Waals surface area contributed by atoms with E-state index in [-0.39, 0.29) is 11.8 Å². The van der Waals surface area contributed by atoms with Gasteiger partial charge in [-0.25, -0.2) is 0 Å². The number of amides is 2. The minimum Gasteiger partial charge on any atom is -0.353 e. The number of nitrogens with zero attached hydrogens (tertiary/aromatic N) is 1. The lowest BCUT2D eigenvalue weighted by Gasteiger charge is -2.35. The van der Waals surface area contributed by atoms with E-state index in [1.807, 2.05) is 30.3 Å². The summed E-state index contributed by atoms with van der Waals surface area (Å²) in [4.78, 5) is 26.5. The summed E-state index contributed by atoms with van der Waals surface area (Å²) in [6.07, 6.45) is 4.47. The van der Waals surface area contributed by atoms with Crippen LogP contribution >= 0.6 is 0 Å². The molecular formula is C21H31N3O2. The minimum absolute atomic E-state index is 0.149. The van der Waals surface area contributed by atoms with Gasteiger partial charge in [0, 0.05) is 32.3 Å². The normalized spacial score (nSPS) is 22.1. The summed E-state index contributed by atoms with van der Waals surface area (Å²) < 4.78 is 0. The lowest BCUT2D eigenvalue weighted by molar-refractivity contribution is -0.126. The maximum atomic E-state index is 12.2. The van der Waals surface area contributed by atoms with Gasteiger partial charge in [0.05, 0.1) is 0 Å². The van der Waals surface area contributed by atoms with Crippen LogP contribution in [0.4, 0.5) is 0 Å². The maximum absolute atomic E-state index is 12.2. The van der Waals surface area contributed by atoms with Crippen molar-refractivity contribution in [2.24, 2.45) is 11.8 Å². The average Bonchev–Trinajstić information content (AvgIpc) is 2.60. The second kappa shape index (κ2) is 10.1. The minimum atomic E-state index is -0.554. The Bertz CT molecular complexity index is 605. The van der Waals surface area contributed by atoms with Gasteiger partial charge in [-0.3, -0.25) is 9.59 Å². The van der Waals surface area contributed by atoms with Crippen molar-refractivity contribution in [3.8, 4) is 0 Å². The van der Waals surface area contributed by atoms with Crippen LogP contribution in [0, 0.1) is 11.8 Å². The van der Waals surface area contributed by atoms with Gasteiger partial charge in [0.15, 0.2) is 0 Å². The van der Waals surface area contributed by atoms with E-state index < -0.39 is 6.04 Å². The number of likely N-dealkylation sites (tertiary alicyclic amines) is 1. The molecule has 0 radical (unpaired) electrons. The molecule has 1 aromatic rings. The SMILES string of the molecule is CC1CC(C)CN(CCNC(=O)C(C)NC(=O)/C=C/c2ccccc2)C1. The lowest BCUT2D eigenvalue weighted by Crippen LogP contribution is -2.47. The number of benzene rings is 1. The van der Waals surface area contributed by atoms with Crippen LogP contribution in [0.5, 0.6) is 0 Å².